The first-order chi connectivity index (χ1) is 10.1. The van der Waals surface area contributed by atoms with Gasteiger partial charge in [-0.15, -0.1) is 0 Å². The molecule has 1 aromatic rings. The zero-order chi connectivity index (χ0) is 15.1. The maximum absolute atomic E-state index is 11.9. The van der Waals surface area contributed by atoms with Crippen molar-refractivity contribution < 1.29 is 14.3 Å². The Morgan fingerprint density at radius 2 is 2.05 bits per heavy atom. The minimum atomic E-state index is -0.509. The molecule has 1 saturated carbocycles. The highest BCUT2D eigenvalue weighted by molar-refractivity contribution is 5.76. The Morgan fingerprint density at radius 3 is 2.76 bits per heavy atom. The quantitative estimate of drug-likeness (QED) is 0.802. The molecule has 1 aromatic carbocycles. The monoisotopic (exact) mass is 290 g/mol. The second-order valence-corrected chi connectivity index (χ2v) is 5.53. The zero-order valence-electron chi connectivity index (χ0n) is 12.1. The second-order valence-electron chi connectivity index (χ2n) is 5.53. The lowest BCUT2D eigenvalue weighted by molar-refractivity contribution is -0.122. The number of amides is 2. The van der Waals surface area contributed by atoms with E-state index in [9.17, 15) is 9.59 Å². The van der Waals surface area contributed by atoms with Crippen LogP contribution in [0.2, 0.25) is 0 Å². The third kappa shape index (κ3) is 5.45. The normalized spacial score (nSPS) is 14.9. The van der Waals surface area contributed by atoms with E-state index >= 15 is 0 Å². The second kappa shape index (κ2) is 7.67. The summed E-state index contributed by atoms with van der Waals surface area (Å²) in [5.74, 6) is 0.724. The molecule has 3 N–H and O–H groups in total. The van der Waals surface area contributed by atoms with Gasteiger partial charge in [0.25, 0.3) is 5.91 Å². The number of hydrogen-bond donors (Lipinski definition) is 2. The number of nitrogens with one attached hydrogen (secondary N) is 1. The molecule has 1 aliphatic rings. The summed E-state index contributed by atoms with van der Waals surface area (Å²) >= 11 is 0. The Balaban J connectivity index is 1.77. The first-order valence-electron chi connectivity index (χ1n) is 7.40. The number of carbonyl (C=O) groups is 2. The van der Waals surface area contributed by atoms with Gasteiger partial charge in [0, 0.05) is 13.0 Å². The van der Waals surface area contributed by atoms with Gasteiger partial charge in [0.2, 0.25) is 5.91 Å². The molecular weight excluding hydrogens is 268 g/mol. The van der Waals surface area contributed by atoms with Gasteiger partial charge in [0.05, 0.1) is 0 Å². The molecule has 21 heavy (non-hydrogen) atoms. The van der Waals surface area contributed by atoms with Crippen LogP contribution in [0.1, 0.15) is 37.7 Å². The van der Waals surface area contributed by atoms with Crippen LogP contribution in [0.3, 0.4) is 0 Å². The Morgan fingerprint density at radius 1 is 1.29 bits per heavy atom. The molecule has 114 valence electrons. The molecule has 0 bridgehead atoms. The molecule has 5 heteroatoms. The van der Waals surface area contributed by atoms with Gasteiger partial charge in [0.15, 0.2) is 6.61 Å². The Bertz CT molecular complexity index is 496. The molecule has 0 saturated heterocycles. The summed E-state index contributed by atoms with van der Waals surface area (Å²) in [4.78, 5) is 22.5. The molecule has 1 aliphatic carbocycles. The van der Waals surface area contributed by atoms with Crippen LogP contribution in [-0.4, -0.2) is 18.4 Å². The van der Waals surface area contributed by atoms with Crippen LogP contribution in [0.5, 0.6) is 5.75 Å². The van der Waals surface area contributed by atoms with Crippen LogP contribution in [0.15, 0.2) is 24.3 Å². The van der Waals surface area contributed by atoms with Gasteiger partial charge >= 0.3 is 0 Å². The lowest BCUT2D eigenvalue weighted by atomic mass is 10.0. The fourth-order valence-corrected chi connectivity index (χ4v) is 2.65. The van der Waals surface area contributed by atoms with Gasteiger partial charge in [0.1, 0.15) is 5.75 Å². The number of carbonyl (C=O) groups excluding carboxylic acids is 2. The van der Waals surface area contributed by atoms with Gasteiger partial charge in [-0.2, -0.15) is 0 Å². The van der Waals surface area contributed by atoms with E-state index in [1.807, 2.05) is 12.1 Å². The summed E-state index contributed by atoms with van der Waals surface area (Å²) in [6.45, 7) is 0.330. The maximum atomic E-state index is 11.9. The minimum Gasteiger partial charge on any atom is -0.484 e. The standard InChI is InChI=1S/C16H22N2O3/c17-15(19)11-21-14-7-3-6-13(8-14)10-18-16(20)9-12-4-1-2-5-12/h3,6-8,12H,1-2,4-5,9-11H2,(H2,17,19)(H,18,20). The van der Waals surface area contributed by atoms with Crippen molar-refractivity contribution in [3.05, 3.63) is 29.8 Å². The Hall–Kier alpha value is -2.04. The highest BCUT2D eigenvalue weighted by Gasteiger charge is 2.18. The SMILES string of the molecule is NC(=O)COc1cccc(CNC(=O)CC2CCCC2)c1. The van der Waals surface area contributed by atoms with E-state index in [0.717, 1.165) is 5.56 Å². The van der Waals surface area contributed by atoms with Crippen molar-refractivity contribution >= 4 is 11.8 Å². The van der Waals surface area contributed by atoms with Gasteiger partial charge < -0.3 is 15.8 Å². The number of rotatable bonds is 7. The number of nitrogens with two attached hydrogens (primary N) is 1. The van der Waals surface area contributed by atoms with Crippen LogP contribution in [-0.2, 0) is 16.1 Å². The molecule has 5 nitrogen and oxygen atoms in total. The average Bonchev–Trinajstić information content (AvgIpc) is 2.96. The topological polar surface area (TPSA) is 81.4 Å². The molecule has 1 fully saturated rings. The predicted molar refractivity (Wildman–Crippen MR) is 79.6 cm³/mol. The molecule has 0 unspecified atom stereocenters. The van der Waals surface area contributed by atoms with Crippen molar-refractivity contribution in [2.45, 2.75) is 38.6 Å². The molecule has 0 atom stereocenters. The average molecular weight is 290 g/mol. The first-order valence-corrected chi connectivity index (χ1v) is 7.40. The highest BCUT2D eigenvalue weighted by Crippen LogP contribution is 2.27. The van der Waals surface area contributed by atoms with Crippen LogP contribution in [0, 0.1) is 5.92 Å². The van der Waals surface area contributed by atoms with Gasteiger partial charge in [-0.05, 0) is 36.5 Å². The first kappa shape index (κ1) is 15.4. The van der Waals surface area contributed by atoms with E-state index < -0.39 is 5.91 Å². The lowest BCUT2D eigenvalue weighted by Gasteiger charge is -2.10. The number of ether oxygens (including phenoxy) is 1. The van der Waals surface area contributed by atoms with E-state index in [-0.39, 0.29) is 12.5 Å². The summed E-state index contributed by atoms with van der Waals surface area (Å²) in [6.07, 6.45) is 5.46. The molecule has 0 heterocycles. The largest absolute Gasteiger partial charge is 0.484 e. The lowest BCUT2D eigenvalue weighted by Crippen LogP contribution is -2.24. The molecule has 2 rings (SSSR count). The Kier molecular flexibility index (Phi) is 5.60. The smallest absolute Gasteiger partial charge is 0.255 e. The van der Waals surface area contributed by atoms with Gasteiger partial charge in [-0.3, -0.25) is 9.59 Å². The van der Waals surface area contributed by atoms with E-state index in [4.69, 9.17) is 10.5 Å². The summed E-state index contributed by atoms with van der Waals surface area (Å²) in [5.41, 5.74) is 5.97. The van der Waals surface area contributed by atoms with Crippen LogP contribution >= 0.6 is 0 Å². The van der Waals surface area contributed by atoms with Gasteiger partial charge in [-0.25, -0.2) is 0 Å². The van der Waals surface area contributed by atoms with E-state index in [0.29, 0.717) is 24.6 Å². The molecule has 0 aromatic heterocycles. The zero-order valence-corrected chi connectivity index (χ0v) is 12.1. The molecule has 2 amide bonds. The fraction of sp³-hybridized carbons (Fsp3) is 0.500. The van der Waals surface area contributed by atoms with Crippen molar-refractivity contribution in [2.24, 2.45) is 11.7 Å². The number of hydrogen-bond acceptors (Lipinski definition) is 3. The van der Waals surface area contributed by atoms with Crippen molar-refractivity contribution in [1.82, 2.24) is 5.32 Å². The van der Waals surface area contributed by atoms with E-state index in [2.05, 4.69) is 5.32 Å². The van der Waals surface area contributed by atoms with Gasteiger partial charge in [-0.1, -0.05) is 25.0 Å². The third-order valence-corrected chi connectivity index (χ3v) is 3.72. The van der Waals surface area contributed by atoms with E-state index in [1.165, 1.54) is 25.7 Å². The van der Waals surface area contributed by atoms with Crippen molar-refractivity contribution in [2.75, 3.05) is 6.61 Å². The minimum absolute atomic E-state index is 0.102. The summed E-state index contributed by atoms with van der Waals surface area (Å²) < 4.78 is 5.24. The predicted octanol–water partition coefficient (Wildman–Crippen LogP) is 1.75. The maximum Gasteiger partial charge on any atom is 0.255 e. The Labute approximate surface area is 124 Å². The van der Waals surface area contributed by atoms with Crippen molar-refractivity contribution in [1.29, 1.82) is 0 Å². The number of primary amides is 1. The third-order valence-electron chi connectivity index (χ3n) is 3.72. The van der Waals surface area contributed by atoms with Crippen LogP contribution in [0.4, 0.5) is 0 Å². The summed E-state index contributed by atoms with van der Waals surface area (Å²) in [7, 11) is 0. The van der Waals surface area contributed by atoms with Crippen LogP contribution < -0.4 is 15.8 Å². The van der Waals surface area contributed by atoms with Crippen LogP contribution in [0.25, 0.3) is 0 Å². The van der Waals surface area contributed by atoms with Crippen molar-refractivity contribution in [3.8, 4) is 5.75 Å². The molecular formula is C16H22N2O3. The van der Waals surface area contributed by atoms with Crippen molar-refractivity contribution in [3.63, 3.8) is 0 Å². The van der Waals surface area contributed by atoms with E-state index in [1.54, 1.807) is 12.1 Å². The molecule has 0 radical (unpaired) electrons. The number of benzene rings is 1. The highest BCUT2D eigenvalue weighted by atomic mass is 16.5. The molecule has 0 spiro atoms. The summed E-state index contributed by atoms with van der Waals surface area (Å²) in [6, 6.07) is 7.30. The molecule has 0 aliphatic heterocycles. The fourth-order valence-electron chi connectivity index (χ4n) is 2.65. The summed E-state index contributed by atoms with van der Waals surface area (Å²) in [5, 5.41) is 2.93.